The summed E-state index contributed by atoms with van der Waals surface area (Å²) in [4.78, 5) is 0. The Hall–Kier alpha value is 0.822. The third kappa shape index (κ3) is 5.47. The monoisotopic (exact) mass is 698 g/mol. The van der Waals surface area contributed by atoms with Gasteiger partial charge in [0.25, 0.3) is 0 Å². The molecule has 10 heteroatoms. The second-order valence-electron chi connectivity index (χ2n) is 15.6. The van der Waals surface area contributed by atoms with Crippen LogP contribution in [-0.4, -0.2) is 49.3 Å². The van der Waals surface area contributed by atoms with Gasteiger partial charge in [-0.2, -0.15) is 0 Å². The normalized spacial score (nSPS) is 55.0. The summed E-state index contributed by atoms with van der Waals surface area (Å²) in [6.07, 6.45) is 25.6. The average Bonchev–Trinajstić information content (AvgIpc) is 3.78. The first-order valence-electron chi connectivity index (χ1n) is 18.2. The van der Waals surface area contributed by atoms with Crippen molar-refractivity contribution in [1.82, 2.24) is 42.5 Å². The van der Waals surface area contributed by atoms with Crippen LogP contribution in [0.1, 0.15) is 103 Å². The third-order valence-corrected chi connectivity index (χ3v) is 13.8. The van der Waals surface area contributed by atoms with Crippen molar-refractivity contribution in [3.05, 3.63) is 0 Å². The van der Waals surface area contributed by atoms with Crippen LogP contribution in [0.2, 0.25) is 0 Å². The van der Waals surface area contributed by atoms with Gasteiger partial charge < -0.3 is 0 Å². The molecular formula is C32H56CdN8S. The molecule has 5 aliphatic heterocycles. The molecule has 42 heavy (non-hydrogen) atoms. The Morgan fingerprint density at radius 2 is 0.381 bits per heavy atom. The predicted molar refractivity (Wildman–Crippen MR) is 165 cm³/mol. The molecule has 9 fully saturated rings. The number of nitrogens with one attached hydrogen (secondary N) is 8. The predicted octanol–water partition coefficient (Wildman–Crippen LogP) is 3.25. The SMILES string of the molecule is C1CCC2C3NC(NC4NC(NC5NC(NC6NC(N3)C3CCCCC63)C3CCCCC53)C3CCCCC43)C2C1.[S]=[Cd]. The minimum atomic E-state index is 0.420. The van der Waals surface area contributed by atoms with Crippen LogP contribution in [0.3, 0.4) is 0 Å². The summed E-state index contributed by atoms with van der Waals surface area (Å²) in [5.74, 6) is 5.97. The van der Waals surface area contributed by atoms with E-state index in [0.29, 0.717) is 49.3 Å². The molecule has 0 aromatic heterocycles. The summed E-state index contributed by atoms with van der Waals surface area (Å²) in [5, 5.41) is 33.8. The van der Waals surface area contributed by atoms with Gasteiger partial charge in [0.15, 0.2) is 0 Å². The summed E-state index contributed by atoms with van der Waals surface area (Å²) in [6, 6.07) is 0. The minimum absolute atomic E-state index is 0.420. The average molecular weight is 697 g/mol. The van der Waals surface area contributed by atoms with Gasteiger partial charge in [-0.25, -0.2) is 0 Å². The van der Waals surface area contributed by atoms with Gasteiger partial charge in [-0.1, -0.05) is 51.4 Å². The standard InChI is InChI=1S/C32H56N8.Cd.S/c1-2-10-18-17(9-1)25-33-26(18)38-28-21-13-5-6-14-22(21)30(35-28)40-32-24-16-8-7-15-23(24)31(36-32)39-29-20-12-4-3-11-19(20)27(34-29)37-25;;/h17-40H,1-16H2;;. The first-order valence-corrected chi connectivity index (χ1v) is 23.7. The summed E-state index contributed by atoms with van der Waals surface area (Å²) in [5.41, 5.74) is 0. The van der Waals surface area contributed by atoms with Gasteiger partial charge in [0.1, 0.15) is 0 Å². The zero-order chi connectivity index (χ0) is 28.2. The van der Waals surface area contributed by atoms with Crippen molar-refractivity contribution in [2.45, 2.75) is 152 Å². The second-order valence-corrected chi connectivity index (χ2v) is 15.6. The molecule has 5 saturated heterocycles. The van der Waals surface area contributed by atoms with Gasteiger partial charge in [-0.3, -0.25) is 42.5 Å². The van der Waals surface area contributed by atoms with Crippen molar-refractivity contribution in [2.75, 3.05) is 0 Å². The molecule has 0 radical (unpaired) electrons. The van der Waals surface area contributed by atoms with E-state index in [2.05, 4.69) is 51.2 Å². The van der Waals surface area contributed by atoms with E-state index in [1.165, 1.54) is 103 Å². The van der Waals surface area contributed by atoms with E-state index in [0.717, 1.165) is 71.0 Å². The molecule has 232 valence electrons. The van der Waals surface area contributed by atoms with Gasteiger partial charge in [-0.15, -0.1) is 0 Å². The van der Waals surface area contributed by atoms with E-state index in [1.807, 2.05) is 0 Å². The Labute approximate surface area is 272 Å². The Kier molecular flexibility index (Phi) is 9.44. The molecule has 4 aliphatic carbocycles. The van der Waals surface area contributed by atoms with Crippen molar-refractivity contribution >= 4 is 8.65 Å². The van der Waals surface area contributed by atoms with E-state index in [-0.39, 0.29) is 0 Å². The van der Waals surface area contributed by atoms with Gasteiger partial charge >= 0.3 is 32.3 Å². The molecule has 5 heterocycles. The molecule has 4 saturated carbocycles. The molecular weight excluding hydrogens is 641 g/mol. The Morgan fingerprint density at radius 1 is 0.262 bits per heavy atom. The fraction of sp³-hybridized carbons (Fsp3) is 1.00. The number of hydrogen-bond donors (Lipinski definition) is 8. The van der Waals surface area contributed by atoms with Crippen molar-refractivity contribution in [2.24, 2.45) is 47.3 Å². The van der Waals surface area contributed by atoms with E-state index in [1.54, 1.807) is 0 Å². The quantitative estimate of drug-likeness (QED) is 0.182. The summed E-state index contributed by atoms with van der Waals surface area (Å²) >= 11 is 0.733. The molecule has 8 N–H and O–H groups in total. The van der Waals surface area contributed by atoms with Gasteiger partial charge in [0.05, 0.1) is 49.3 Å². The summed E-state index contributed by atoms with van der Waals surface area (Å²) in [7, 11) is 4.25. The molecule has 8 bridgehead atoms. The maximum absolute atomic E-state index is 4.26. The molecule has 8 unspecified atom stereocenters. The van der Waals surface area contributed by atoms with Gasteiger partial charge in [0, 0.05) is 0 Å². The first-order chi connectivity index (χ1) is 20.8. The Balaban J connectivity index is 0.00000131. The molecule has 8 atom stereocenters. The van der Waals surface area contributed by atoms with Crippen LogP contribution in [0, 0.1) is 47.3 Å². The summed E-state index contributed by atoms with van der Waals surface area (Å²) < 4.78 is 0. The molecule has 8 nitrogen and oxygen atoms in total. The van der Waals surface area contributed by atoms with E-state index in [4.69, 9.17) is 0 Å². The van der Waals surface area contributed by atoms with E-state index in [9.17, 15) is 0 Å². The van der Waals surface area contributed by atoms with Crippen molar-refractivity contribution in [3.63, 3.8) is 0 Å². The van der Waals surface area contributed by atoms with Crippen LogP contribution >= 0.6 is 8.65 Å². The zero-order valence-corrected chi connectivity index (χ0v) is 30.5. The van der Waals surface area contributed by atoms with E-state index >= 15 is 0 Å². The number of fused-ring (bicyclic) bond motifs is 20. The molecule has 0 spiro atoms. The maximum atomic E-state index is 4.26. The Morgan fingerprint density at radius 3 is 0.500 bits per heavy atom. The van der Waals surface area contributed by atoms with Crippen LogP contribution < -0.4 is 42.5 Å². The van der Waals surface area contributed by atoms with Crippen molar-refractivity contribution in [3.8, 4) is 0 Å². The van der Waals surface area contributed by atoms with Crippen LogP contribution in [0.15, 0.2) is 0 Å². The number of rotatable bonds is 0. The third-order valence-electron chi connectivity index (χ3n) is 13.8. The second kappa shape index (κ2) is 13.1. The molecule has 9 rings (SSSR count). The molecule has 0 amide bonds. The van der Waals surface area contributed by atoms with Crippen LogP contribution in [0.5, 0.6) is 0 Å². The zero-order valence-electron chi connectivity index (χ0n) is 25.7. The van der Waals surface area contributed by atoms with Gasteiger partial charge in [0.2, 0.25) is 0 Å². The molecule has 0 aromatic carbocycles. The van der Waals surface area contributed by atoms with Crippen LogP contribution in [0.4, 0.5) is 0 Å². The fourth-order valence-electron chi connectivity index (χ4n) is 12.0. The van der Waals surface area contributed by atoms with Crippen molar-refractivity contribution in [1.29, 1.82) is 0 Å². The molecule has 0 aromatic rings. The summed E-state index contributed by atoms with van der Waals surface area (Å²) in [6.45, 7) is 0. The van der Waals surface area contributed by atoms with Crippen LogP contribution in [0.25, 0.3) is 0 Å². The van der Waals surface area contributed by atoms with Gasteiger partial charge in [-0.05, 0) is 98.7 Å². The van der Waals surface area contributed by atoms with E-state index < -0.39 is 0 Å². The molecule has 9 aliphatic rings. The topological polar surface area (TPSA) is 96.2 Å². The first kappa shape index (κ1) is 30.2. The Bertz CT molecular complexity index is 738. The van der Waals surface area contributed by atoms with Crippen LogP contribution in [-0.2, 0) is 23.7 Å². The fourth-order valence-corrected chi connectivity index (χ4v) is 12.0. The number of hydrogen-bond acceptors (Lipinski definition) is 9. The van der Waals surface area contributed by atoms with Crippen molar-refractivity contribution < 1.29 is 23.7 Å².